The van der Waals surface area contributed by atoms with Crippen LogP contribution >= 0.6 is 0 Å². The van der Waals surface area contributed by atoms with Gasteiger partial charge >= 0.3 is 0 Å². The molecule has 0 amide bonds. The van der Waals surface area contributed by atoms with E-state index in [0.717, 1.165) is 96.8 Å². The molecule has 95 heavy (non-hydrogen) atoms. The Bertz CT molecular complexity index is 5130. The second-order valence-corrected chi connectivity index (χ2v) is 22.7. The first-order chi connectivity index (χ1) is 46.7. The fourth-order valence-corrected chi connectivity index (χ4v) is 11.2. The van der Waals surface area contributed by atoms with Crippen LogP contribution in [0.3, 0.4) is 0 Å². The highest BCUT2D eigenvalue weighted by Crippen LogP contribution is 2.31. The Morgan fingerprint density at radius 3 is 1.39 bits per heavy atom. The van der Waals surface area contributed by atoms with Crippen LogP contribution in [0.4, 0.5) is 0 Å². The zero-order valence-electron chi connectivity index (χ0n) is 52.6. The summed E-state index contributed by atoms with van der Waals surface area (Å²) in [5.41, 5.74) is 12.7. The number of para-hydroxylation sites is 1. The lowest BCUT2D eigenvalue weighted by Gasteiger charge is -2.14. The molecule has 1 aliphatic rings. The van der Waals surface area contributed by atoms with E-state index in [1.165, 1.54) is 43.4 Å². The highest BCUT2D eigenvalue weighted by Gasteiger charge is 2.17. The number of hydrogen-bond acceptors (Lipinski definition) is 20. The molecule has 15 aromatic rings. The Balaban J connectivity index is 0.000000124. The standard InChI is InChI=1S/C27H26N6O2.C25H24N6O2.C20H14N6O/c1-34-21-8-9-22-24(16-21)28-13-12-25(22)35-18-27-30-29-26-11-10-23(31-33(26)27)20-6-4-19(5-7-20)17-32-14-2-3-15-32;1-30(2)15-17-4-6-18(7-5-17)21-10-11-24-27-28-25(31(24)29-21)16-33-23-12-13-26-22-14-19(32-3)8-9-20(22)23;1-2-6-14(7-3-1)16-10-11-18-23-24-19(26(18)25-16)12-27-20-15-8-4-5-9-17(15)21-13-22-20/h4-13,16H,2-3,14-15,17-18H2,1H3;4-14H,15-16H2,1-3H3;1-11,13H,12H2. The molecule has 0 radical (unpaired) electrons. The van der Waals surface area contributed by atoms with Crippen molar-refractivity contribution in [3.8, 4) is 62.7 Å². The first-order valence-electron chi connectivity index (χ1n) is 30.9. The maximum Gasteiger partial charge on any atom is 0.224 e. The van der Waals surface area contributed by atoms with Crippen molar-refractivity contribution in [2.75, 3.05) is 41.4 Å². The summed E-state index contributed by atoms with van der Waals surface area (Å²) in [7, 11) is 7.40. The first-order valence-corrected chi connectivity index (χ1v) is 30.9. The summed E-state index contributed by atoms with van der Waals surface area (Å²) in [5, 5.41) is 42.4. The predicted octanol–water partition coefficient (Wildman–Crippen LogP) is 11.8. The van der Waals surface area contributed by atoms with Crippen molar-refractivity contribution in [2.45, 2.75) is 45.8 Å². The molecule has 9 aromatic heterocycles. The molecule has 23 nitrogen and oxygen atoms in total. The summed E-state index contributed by atoms with van der Waals surface area (Å²) in [6, 6.07) is 61.5. The Labute approximate surface area is 545 Å². The van der Waals surface area contributed by atoms with E-state index < -0.39 is 0 Å². The molecule has 0 N–H and O–H groups in total. The van der Waals surface area contributed by atoms with Crippen LogP contribution < -0.4 is 23.7 Å². The number of rotatable bonds is 18. The van der Waals surface area contributed by atoms with Crippen LogP contribution in [0, 0.1) is 0 Å². The van der Waals surface area contributed by atoms with Gasteiger partial charge < -0.3 is 28.6 Å². The minimum atomic E-state index is 0.202. The Morgan fingerprint density at radius 1 is 0.411 bits per heavy atom. The number of pyridine rings is 2. The van der Waals surface area contributed by atoms with Crippen LogP contribution in [-0.2, 0) is 32.9 Å². The maximum absolute atomic E-state index is 6.12. The van der Waals surface area contributed by atoms with Crippen molar-refractivity contribution in [2.24, 2.45) is 0 Å². The summed E-state index contributed by atoms with van der Waals surface area (Å²) >= 11 is 0. The van der Waals surface area contributed by atoms with E-state index in [0.29, 0.717) is 46.0 Å². The molecule has 0 aliphatic carbocycles. The molecule has 23 heteroatoms. The minimum Gasteiger partial charge on any atom is -0.497 e. The zero-order chi connectivity index (χ0) is 64.5. The van der Waals surface area contributed by atoms with Gasteiger partial charge in [-0.15, -0.1) is 30.6 Å². The molecular weight excluding hydrogens is 1200 g/mol. The van der Waals surface area contributed by atoms with Gasteiger partial charge in [-0.25, -0.2) is 9.97 Å². The van der Waals surface area contributed by atoms with Crippen molar-refractivity contribution in [1.82, 2.24) is 89.2 Å². The molecule has 16 rings (SSSR count). The lowest BCUT2D eigenvalue weighted by Crippen LogP contribution is -2.18. The van der Waals surface area contributed by atoms with Crippen LogP contribution in [0.15, 0.2) is 207 Å². The lowest BCUT2D eigenvalue weighted by molar-refractivity contribution is 0.284. The Kier molecular flexibility index (Phi) is 17.8. The maximum atomic E-state index is 6.12. The van der Waals surface area contributed by atoms with Gasteiger partial charge in [-0.05, 0) is 136 Å². The van der Waals surface area contributed by atoms with Crippen LogP contribution in [0.2, 0.25) is 0 Å². The molecule has 0 spiro atoms. The molecule has 1 fully saturated rings. The van der Waals surface area contributed by atoms with Crippen molar-refractivity contribution in [3.05, 3.63) is 235 Å². The molecule has 0 bridgehead atoms. The number of methoxy groups -OCH3 is 2. The average Bonchev–Trinajstić information content (AvgIpc) is 1.78. The third-order valence-corrected chi connectivity index (χ3v) is 16.0. The number of benzene rings is 6. The zero-order valence-corrected chi connectivity index (χ0v) is 52.6. The van der Waals surface area contributed by atoms with Crippen LogP contribution in [0.5, 0.6) is 28.9 Å². The summed E-state index contributed by atoms with van der Waals surface area (Å²) in [6.45, 7) is 4.96. The van der Waals surface area contributed by atoms with E-state index in [-0.39, 0.29) is 19.8 Å². The minimum absolute atomic E-state index is 0.202. The summed E-state index contributed by atoms with van der Waals surface area (Å²) in [4.78, 5) is 22.0. The number of hydrogen-bond donors (Lipinski definition) is 0. The SMILES string of the molecule is COc1ccc2c(OCc3nnc4ccc(-c5ccc(CN(C)C)cc5)nn34)ccnc2c1.COc1ccc2c(OCc3nnc4ccc(-c5ccc(CN6CCCC6)cc5)nn34)ccnc2c1.c1ccc(-c2ccc3nnc(COc4ncnc5ccccc45)n3n2)cc1. The van der Waals surface area contributed by atoms with Crippen molar-refractivity contribution >= 4 is 49.7 Å². The van der Waals surface area contributed by atoms with E-state index in [9.17, 15) is 0 Å². The third kappa shape index (κ3) is 13.8. The summed E-state index contributed by atoms with van der Waals surface area (Å²) in [5.74, 6) is 5.31. The quantitative estimate of drug-likeness (QED) is 0.0776. The summed E-state index contributed by atoms with van der Waals surface area (Å²) in [6.07, 6.45) is 7.54. The summed E-state index contributed by atoms with van der Waals surface area (Å²) < 4.78 is 33.9. The van der Waals surface area contributed by atoms with Gasteiger partial charge in [0.15, 0.2) is 41.0 Å². The van der Waals surface area contributed by atoms with E-state index in [1.807, 2.05) is 140 Å². The number of fused-ring (bicyclic) bond motifs is 6. The lowest BCUT2D eigenvalue weighted by atomic mass is 10.1. The second kappa shape index (κ2) is 27.9. The van der Waals surface area contributed by atoms with Gasteiger partial charge in [0.2, 0.25) is 5.88 Å². The molecule has 1 saturated heterocycles. The molecule has 10 heterocycles. The second-order valence-electron chi connectivity index (χ2n) is 22.7. The molecule has 6 aromatic carbocycles. The van der Waals surface area contributed by atoms with E-state index >= 15 is 0 Å². The number of aromatic nitrogens is 16. The number of likely N-dealkylation sites (tertiary alicyclic amines) is 1. The molecule has 0 unspecified atom stereocenters. The molecule has 1 aliphatic heterocycles. The highest BCUT2D eigenvalue weighted by molar-refractivity contribution is 5.87. The van der Waals surface area contributed by atoms with Crippen molar-refractivity contribution in [1.29, 1.82) is 0 Å². The van der Waals surface area contributed by atoms with E-state index in [1.54, 1.807) is 40.2 Å². The predicted molar refractivity (Wildman–Crippen MR) is 360 cm³/mol. The molecule has 0 atom stereocenters. The van der Waals surface area contributed by atoms with Gasteiger partial charge in [0.25, 0.3) is 0 Å². The monoisotopic (exact) mass is 1260 g/mol. The van der Waals surface area contributed by atoms with Crippen LogP contribution in [-0.4, -0.2) is 131 Å². The number of ether oxygens (including phenoxy) is 5. The number of nitrogens with zero attached hydrogens (tertiary/aromatic N) is 18. The van der Waals surface area contributed by atoms with Crippen molar-refractivity contribution < 1.29 is 23.7 Å². The van der Waals surface area contributed by atoms with E-state index in [2.05, 4.69) is 128 Å². The van der Waals surface area contributed by atoms with Gasteiger partial charge in [-0.1, -0.05) is 91.0 Å². The fraction of sp³-hybridized carbons (Fsp3) is 0.181. The topological polar surface area (TPSA) is 233 Å². The van der Waals surface area contributed by atoms with Gasteiger partial charge in [-0.2, -0.15) is 28.8 Å². The highest BCUT2D eigenvalue weighted by atomic mass is 16.5. The molecular formula is C72H64N18O5. The van der Waals surface area contributed by atoms with Gasteiger partial charge in [-0.3, -0.25) is 14.9 Å². The van der Waals surface area contributed by atoms with Crippen molar-refractivity contribution in [3.63, 3.8) is 0 Å². The van der Waals surface area contributed by atoms with Crippen LogP contribution in [0.1, 0.15) is 41.4 Å². The molecule has 472 valence electrons. The van der Waals surface area contributed by atoms with Gasteiger partial charge in [0, 0.05) is 65.1 Å². The van der Waals surface area contributed by atoms with E-state index in [4.69, 9.17) is 33.9 Å². The first kappa shape index (κ1) is 60.6. The third-order valence-electron chi connectivity index (χ3n) is 16.0. The Morgan fingerprint density at radius 2 is 0.884 bits per heavy atom. The largest absolute Gasteiger partial charge is 0.497 e. The smallest absolute Gasteiger partial charge is 0.224 e. The fourth-order valence-electron chi connectivity index (χ4n) is 11.2. The Hall–Kier alpha value is -12.0. The van der Waals surface area contributed by atoms with Gasteiger partial charge in [0.1, 0.15) is 42.5 Å². The van der Waals surface area contributed by atoms with Crippen LogP contribution in [0.25, 0.3) is 83.4 Å². The van der Waals surface area contributed by atoms with Gasteiger partial charge in [0.05, 0.1) is 53.2 Å². The normalized spacial score (nSPS) is 12.3. The average molecular weight is 1260 g/mol. The molecule has 0 saturated carbocycles.